The molecule has 0 atom stereocenters. The highest BCUT2D eigenvalue weighted by atomic mass is 32.2. The summed E-state index contributed by atoms with van der Waals surface area (Å²) in [5.74, 6) is -1.54. The van der Waals surface area contributed by atoms with Gasteiger partial charge >= 0.3 is 0 Å². The predicted octanol–water partition coefficient (Wildman–Crippen LogP) is 2.34. The maximum atomic E-state index is 13.3. The summed E-state index contributed by atoms with van der Waals surface area (Å²) in [6.45, 7) is 0. The number of H-pyrrole nitrogens is 1. The van der Waals surface area contributed by atoms with E-state index in [1.54, 1.807) is 0 Å². The number of halogens is 2. The van der Waals surface area contributed by atoms with Crippen molar-refractivity contribution in [1.29, 1.82) is 0 Å². The van der Waals surface area contributed by atoms with Gasteiger partial charge in [-0.2, -0.15) is 0 Å². The minimum absolute atomic E-state index is 0.205. The largest absolute Gasteiger partial charge is 0.301 e. The van der Waals surface area contributed by atoms with E-state index in [4.69, 9.17) is 0 Å². The van der Waals surface area contributed by atoms with E-state index in [1.165, 1.54) is 24.4 Å². The molecule has 0 saturated carbocycles. The van der Waals surface area contributed by atoms with Crippen LogP contribution in [-0.4, -0.2) is 9.97 Å². The lowest BCUT2D eigenvalue weighted by atomic mass is 10.2. The minimum atomic E-state index is -0.877. The summed E-state index contributed by atoms with van der Waals surface area (Å²) in [4.78, 5) is 17.4. The van der Waals surface area contributed by atoms with Gasteiger partial charge in [0.05, 0.1) is 0 Å². The maximum Gasteiger partial charge on any atom is 0.251 e. The SMILES string of the molecule is O=c1ccnc(SCc2cccc(F)c2F)[nH]1. The molecule has 6 heteroatoms. The number of hydrogen-bond donors (Lipinski definition) is 1. The van der Waals surface area contributed by atoms with Gasteiger partial charge in [0.25, 0.3) is 5.56 Å². The van der Waals surface area contributed by atoms with Crippen molar-refractivity contribution in [3.63, 3.8) is 0 Å². The minimum Gasteiger partial charge on any atom is -0.301 e. The lowest BCUT2D eigenvalue weighted by Gasteiger charge is -2.02. The molecule has 0 radical (unpaired) electrons. The first kappa shape index (κ1) is 11.8. The monoisotopic (exact) mass is 254 g/mol. The van der Waals surface area contributed by atoms with Crippen LogP contribution in [0.5, 0.6) is 0 Å². The molecule has 1 aromatic heterocycles. The van der Waals surface area contributed by atoms with Crippen LogP contribution >= 0.6 is 11.8 Å². The van der Waals surface area contributed by atoms with Crippen molar-refractivity contribution in [2.24, 2.45) is 0 Å². The molecule has 3 nitrogen and oxygen atoms in total. The van der Waals surface area contributed by atoms with Gasteiger partial charge in [-0.25, -0.2) is 13.8 Å². The molecule has 0 aliphatic carbocycles. The van der Waals surface area contributed by atoms with Crippen molar-refractivity contribution < 1.29 is 8.78 Å². The Labute approximate surface area is 99.9 Å². The summed E-state index contributed by atoms with van der Waals surface area (Å²) in [6, 6.07) is 5.28. The van der Waals surface area contributed by atoms with Gasteiger partial charge in [-0.05, 0) is 6.07 Å². The molecule has 0 bridgehead atoms. The first-order valence-electron chi connectivity index (χ1n) is 4.78. The summed E-state index contributed by atoms with van der Waals surface area (Å²) in [6.07, 6.45) is 1.36. The van der Waals surface area contributed by atoms with Crippen molar-refractivity contribution in [3.05, 3.63) is 58.0 Å². The Morgan fingerprint density at radius 1 is 1.29 bits per heavy atom. The van der Waals surface area contributed by atoms with Crippen molar-refractivity contribution in [1.82, 2.24) is 9.97 Å². The fourth-order valence-electron chi connectivity index (χ4n) is 1.23. The van der Waals surface area contributed by atoms with Crippen LogP contribution in [0.2, 0.25) is 0 Å². The Balaban J connectivity index is 2.13. The number of hydrogen-bond acceptors (Lipinski definition) is 3. The Bertz CT molecular complexity index is 586. The summed E-state index contributed by atoms with van der Waals surface area (Å²) in [7, 11) is 0. The first-order chi connectivity index (χ1) is 8.16. The number of aromatic amines is 1. The quantitative estimate of drug-likeness (QED) is 0.675. The second-order valence-electron chi connectivity index (χ2n) is 3.24. The Morgan fingerprint density at radius 2 is 2.12 bits per heavy atom. The molecule has 0 fully saturated rings. The standard InChI is InChI=1S/C11H8F2N2OS/c12-8-3-1-2-7(10(8)13)6-17-11-14-5-4-9(16)15-11/h1-5H,6H2,(H,14,15,16). The highest BCUT2D eigenvalue weighted by Crippen LogP contribution is 2.21. The molecule has 0 spiro atoms. The van der Waals surface area contributed by atoms with Crippen LogP contribution in [0.1, 0.15) is 5.56 Å². The van der Waals surface area contributed by atoms with Gasteiger partial charge in [-0.3, -0.25) is 4.79 Å². The Kier molecular flexibility index (Phi) is 3.53. The number of thioether (sulfide) groups is 1. The van der Waals surface area contributed by atoms with E-state index in [-0.39, 0.29) is 16.9 Å². The molecule has 0 unspecified atom stereocenters. The number of nitrogens with one attached hydrogen (secondary N) is 1. The molecule has 0 aliphatic heterocycles. The molecule has 0 saturated heterocycles. The second-order valence-corrected chi connectivity index (χ2v) is 4.20. The third-order valence-corrected chi connectivity index (χ3v) is 2.98. The van der Waals surface area contributed by atoms with E-state index in [9.17, 15) is 13.6 Å². The Hall–Kier alpha value is -1.69. The third kappa shape index (κ3) is 2.91. The van der Waals surface area contributed by atoms with E-state index < -0.39 is 11.6 Å². The topological polar surface area (TPSA) is 45.8 Å². The van der Waals surface area contributed by atoms with Gasteiger partial charge in [-0.1, -0.05) is 23.9 Å². The van der Waals surface area contributed by atoms with E-state index in [0.29, 0.717) is 5.16 Å². The summed E-state index contributed by atoms with van der Waals surface area (Å²) < 4.78 is 26.2. The van der Waals surface area contributed by atoms with Crippen LogP contribution in [0.3, 0.4) is 0 Å². The summed E-state index contributed by atoms with van der Waals surface area (Å²) >= 11 is 1.14. The van der Waals surface area contributed by atoms with Gasteiger partial charge in [0.1, 0.15) is 0 Å². The number of rotatable bonds is 3. The van der Waals surface area contributed by atoms with E-state index in [2.05, 4.69) is 9.97 Å². The summed E-state index contributed by atoms with van der Waals surface area (Å²) in [5, 5.41) is 0.376. The van der Waals surface area contributed by atoms with Crippen LogP contribution in [0.15, 0.2) is 40.4 Å². The van der Waals surface area contributed by atoms with Crippen molar-refractivity contribution >= 4 is 11.8 Å². The highest BCUT2D eigenvalue weighted by Gasteiger charge is 2.08. The summed E-state index contributed by atoms with van der Waals surface area (Å²) in [5.41, 5.74) is -0.0382. The van der Waals surface area contributed by atoms with Crippen molar-refractivity contribution in [2.45, 2.75) is 10.9 Å². The molecule has 17 heavy (non-hydrogen) atoms. The zero-order chi connectivity index (χ0) is 12.3. The second kappa shape index (κ2) is 5.09. The van der Waals surface area contributed by atoms with E-state index in [0.717, 1.165) is 17.8 Å². The molecule has 0 aliphatic rings. The molecule has 2 aromatic rings. The van der Waals surface area contributed by atoms with Gasteiger partial charge in [-0.15, -0.1) is 0 Å². The normalized spacial score (nSPS) is 10.5. The fourth-order valence-corrected chi connectivity index (χ4v) is 2.05. The van der Waals surface area contributed by atoms with Crippen LogP contribution in [0, 0.1) is 11.6 Å². The molecule has 1 heterocycles. The number of benzene rings is 1. The third-order valence-electron chi connectivity index (χ3n) is 2.04. The van der Waals surface area contributed by atoms with E-state index >= 15 is 0 Å². The van der Waals surface area contributed by atoms with Crippen LogP contribution in [0.25, 0.3) is 0 Å². The van der Waals surface area contributed by atoms with Gasteiger partial charge in [0.15, 0.2) is 16.8 Å². The number of aromatic nitrogens is 2. The highest BCUT2D eigenvalue weighted by molar-refractivity contribution is 7.98. The van der Waals surface area contributed by atoms with Crippen molar-refractivity contribution in [3.8, 4) is 0 Å². The van der Waals surface area contributed by atoms with Gasteiger partial charge < -0.3 is 4.98 Å². The molecule has 88 valence electrons. The zero-order valence-corrected chi connectivity index (χ0v) is 9.43. The molecule has 2 rings (SSSR count). The lowest BCUT2D eigenvalue weighted by Crippen LogP contribution is -2.05. The van der Waals surface area contributed by atoms with Crippen LogP contribution < -0.4 is 5.56 Å². The smallest absolute Gasteiger partial charge is 0.251 e. The zero-order valence-electron chi connectivity index (χ0n) is 8.61. The predicted molar refractivity (Wildman–Crippen MR) is 60.8 cm³/mol. The molecule has 1 N–H and O–H groups in total. The van der Waals surface area contributed by atoms with Crippen molar-refractivity contribution in [2.75, 3.05) is 0 Å². The average molecular weight is 254 g/mol. The molecular weight excluding hydrogens is 246 g/mol. The fraction of sp³-hybridized carbons (Fsp3) is 0.0909. The van der Waals surface area contributed by atoms with Gasteiger partial charge in [0.2, 0.25) is 0 Å². The maximum absolute atomic E-state index is 13.3. The van der Waals surface area contributed by atoms with Crippen LogP contribution in [0.4, 0.5) is 8.78 Å². The van der Waals surface area contributed by atoms with Crippen LogP contribution in [-0.2, 0) is 5.75 Å². The average Bonchev–Trinajstić information content (AvgIpc) is 2.31. The van der Waals surface area contributed by atoms with E-state index in [1.807, 2.05) is 0 Å². The molecular formula is C11H8F2N2OS. The molecule has 1 aromatic carbocycles. The Morgan fingerprint density at radius 3 is 2.88 bits per heavy atom. The lowest BCUT2D eigenvalue weighted by molar-refractivity contribution is 0.502. The molecule has 0 amide bonds. The number of nitrogens with zero attached hydrogens (tertiary/aromatic N) is 1. The van der Waals surface area contributed by atoms with Gasteiger partial charge in [0, 0.05) is 23.6 Å². The first-order valence-corrected chi connectivity index (χ1v) is 5.76.